The van der Waals surface area contributed by atoms with Crippen molar-refractivity contribution in [3.63, 3.8) is 0 Å². The van der Waals surface area contributed by atoms with Gasteiger partial charge in [-0.15, -0.1) is 11.3 Å². The molecule has 144 valence electrons. The van der Waals surface area contributed by atoms with Crippen molar-refractivity contribution < 1.29 is 19.1 Å². The van der Waals surface area contributed by atoms with Crippen LogP contribution in [0, 0.1) is 0 Å². The smallest absolute Gasteiger partial charge is 0.279 e. The highest BCUT2D eigenvalue weighted by atomic mass is 32.1. The van der Waals surface area contributed by atoms with Crippen molar-refractivity contribution in [1.29, 1.82) is 0 Å². The third kappa shape index (κ3) is 4.60. The van der Waals surface area contributed by atoms with Gasteiger partial charge in [-0.3, -0.25) is 20.4 Å². The Morgan fingerprint density at radius 3 is 2.41 bits per heavy atom. The van der Waals surface area contributed by atoms with Gasteiger partial charge in [0.15, 0.2) is 11.5 Å². The van der Waals surface area contributed by atoms with Crippen molar-refractivity contribution in [3.05, 3.63) is 45.1 Å². The monoisotopic (exact) mass is 388 g/mol. The van der Waals surface area contributed by atoms with Gasteiger partial charge in [0, 0.05) is 10.4 Å². The summed E-state index contributed by atoms with van der Waals surface area (Å²) in [6, 6.07) is 6.88. The van der Waals surface area contributed by atoms with E-state index in [0.717, 1.165) is 12.8 Å². The molecule has 0 aliphatic heterocycles. The van der Waals surface area contributed by atoms with Crippen LogP contribution in [0.2, 0.25) is 0 Å². The van der Waals surface area contributed by atoms with E-state index in [1.54, 1.807) is 18.2 Å². The van der Waals surface area contributed by atoms with E-state index >= 15 is 0 Å². The van der Waals surface area contributed by atoms with E-state index < -0.39 is 5.91 Å². The zero-order valence-corrected chi connectivity index (χ0v) is 16.4. The average Bonchev–Trinajstić information content (AvgIpc) is 3.12. The number of hydrazine groups is 1. The molecule has 3 rings (SSSR count). The van der Waals surface area contributed by atoms with E-state index in [-0.39, 0.29) is 5.91 Å². The summed E-state index contributed by atoms with van der Waals surface area (Å²) in [6.07, 6.45) is 4.40. The third-order valence-corrected chi connectivity index (χ3v) is 5.55. The van der Waals surface area contributed by atoms with Crippen molar-refractivity contribution in [2.45, 2.75) is 39.5 Å². The number of hydrogen-bond acceptors (Lipinski definition) is 5. The number of carbonyl (C=O) groups is 2. The fourth-order valence-electron chi connectivity index (χ4n) is 3.04. The van der Waals surface area contributed by atoms with Crippen LogP contribution >= 0.6 is 11.3 Å². The predicted octanol–water partition coefficient (Wildman–Crippen LogP) is 3.50. The summed E-state index contributed by atoms with van der Waals surface area (Å²) < 4.78 is 11.0. The van der Waals surface area contributed by atoms with Gasteiger partial charge in [-0.05, 0) is 69.4 Å². The molecule has 2 amide bonds. The molecule has 7 heteroatoms. The molecule has 0 saturated heterocycles. The van der Waals surface area contributed by atoms with E-state index in [0.29, 0.717) is 35.2 Å². The number of amides is 2. The largest absolute Gasteiger partial charge is 0.490 e. The van der Waals surface area contributed by atoms with Gasteiger partial charge in [0.25, 0.3) is 11.8 Å². The Morgan fingerprint density at radius 1 is 0.963 bits per heavy atom. The van der Waals surface area contributed by atoms with Crippen LogP contribution < -0.4 is 20.3 Å². The number of hydrogen-bond donors (Lipinski definition) is 2. The van der Waals surface area contributed by atoms with Gasteiger partial charge in [-0.25, -0.2) is 0 Å². The molecule has 2 N–H and O–H groups in total. The number of benzene rings is 1. The molecule has 0 atom stereocenters. The lowest BCUT2D eigenvalue weighted by Gasteiger charge is -2.12. The topological polar surface area (TPSA) is 76.7 Å². The molecule has 0 bridgehead atoms. The Labute approximate surface area is 162 Å². The lowest BCUT2D eigenvalue weighted by Crippen LogP contribution is -2.41. The van der Waals surface area contributed by atoms with Gasteiger partial charge in [-0.2, -0.15) is 0 Å². The fraction of sp³-hybridized carbons (Fsp3) is 0.400. The normalized spacial score (nSPS) is 12.8. The van der Waals surface area contributed by atoms with Gasteiger partial charge in [-0.1, -0.05) is 0 Å². The summed E-state index contributed by atoms with van der Waals surface area (Å²) in [7, 11) is 0. The van der Waals surface area contributed by atoms with Gasteiger partial charge in [0.05, 0.1) is 18.1 Å². The SMILES string of the molecule is CCOc1ccc(C(=O)NNC(=O)c2cc3c(s2)CCCC3)cc1OCC. The van der Waals surface area contributed by atoms with Crippen molar-refractivity contribution in [3.8, 4) is 11.5 Å². The molecule has 0 fully saturated rings. The minimum absolute atomic E-state index is 0.293. The Bertz CT molecular complexity index is 808. The number of carbonyl (C=O) groups excluding carboxylic acids is 2. The maximum Gasteiger partial charge on any atom is 0.279 e. The lowest BCUT2D eigenvalue weighted by atomic mass is 9.99. The highest BCUT2D eigenvalue weighted by Gasteiger charge is 2.18. The van der Waals surface area contributed by atoms with E-state index in [9.17, 15) is 9.59 Å². The maximum atomic E-state index is 12.4. The van der Waals surface area contributed by atoms with E-state index in [2.05, 4.69) is 10.9 Å². The Balaban J connectivity index is 1.63. The van der Waals surface area contributed by atoms with Crippen LogP contribution in [0.1, 0.15) is 57.2 Å². The Kier molecular flexibility index (Phi) is 6.34. The lowest BCUT2D eigenvalue weighted by molar-refractivity contribution is 0.0848. The van der Waals surface area contributed by atoms with Crippen LogP contribution in [0.25, 0.3) is 0 Å². The molecule has 0 unspecified atom stereocenters. The van der Waals surface area contributed by atoms with Crippen molar-refractivity contribution in [1.82, 2.24) is 10.9 Å². The molecule has 0 spiro atoms. The van der Waals surface area contributed by atoms with Crippen LogP contribution in [0.3, 0.4) is 0 Å². The second-order valence-corrected chi connectivity index (χ2v) is 7.34. The molecule has 1 aliphatic rings. The minimum Gasteiger partial charge on any atom is -0.490 e. The number of aryl methyl sites for hydroxylation is 2. The minimum atomic E-state index is -0.409. The summed E-state index contributed by atoms with van der Waals surface area (Å²) >= 11 is 1.51. The number of fused-ring (bicyclic) bond motifs is 1. The summed E-state index contributed by atoms with van der Waals surface area (Å²) in [5.74, 6) is 0.390. The predicted molar refractivity (Wildman–Crippen MR) is 105 cm³/mol. The quantitative estimate of drug-likeness (QED) is 0.743. The molecule has 6 nitrogen and oxygen atoms in total. The summed E-state index contributed by atoms with van der Waals surface area (Å²) in [6.45, 7) is 4.72. The number of rotatable bonds is 6. The summed E-state index contributed by atoms with van der Waals surface area (Å²) in [5.41, 5.74) is 6.61. The zero-order chi connectivity index (χ0) is 19.2. The van der Waals surface area contributed by atoms with Crippen molar-refractivity contribution in [2.24, 2.45) is 0 Å². The molecule has 0 saturated carbocycles. The van der Waals surface area contributed by atoms with E-state index in [1.165, 1.54) is 34.6 Å². The molecule has 0 radical (unpaired) electrons. The third-order valence-electron chi connectivity index (χ3n) is 4.32. The molecule has 1 aliphatic carbocycles. The summed E-state index contributed by atoms with van der Waals surface area (Å²) in [4.78, 5) is 26.6. The van der Waals surface area contributed by atoms with Gasteiger partial charge < -0.3 is 9.47 Å². The highest BCUT2D eigenvalue weighted by Crippen LogP contribution is 2.30. The van der Waals surface area contributed by atoms with E-state index in [4.69, 9.17) is 9.47 Å². The van der Waals surface area contributed by atoms with Crippen molar-refractivity contribution >= 4 is 23.2 Å². The fourth-order valence-corrected chi connectivity index (χ4v) is 4.19. The maximum absolute atomic E-state index is 12.4. The molecule has 2 aromatic rings. The second kappa shape index (κ2) is 8.90. The van der Waals surface area contributed by atoms with Crippen molar-refractivity contribution in [2.75, 3.05) is 13.2 Å². The second-order valence-electron chi connectivity index (χ2n) is 6.20. The Hall–Kier alpha value is -2.54. The number of nitrogens with one attached hydrogen (secondary N) is 2. The molecule has 1 aromatic heterocycles. The molecular weight excluding hydrogens is 364 g/mol. The first kappa shape index (κ1) is 19.2. The average molecular weight is 388 g/mol. The summed E-state index contributed by atoms with van der Waals surface area (Å²) in [5, 5.41) is 0. The van der Waals surface area contributed by atoms with Crippen LogP contribution in [-0.4, -0.2) is 25.0 Å². The van der Waals surface area contributed by atoms with Crippen LogP contribution in [-0.2, 0) is 12.8 Å². The Morgan fingerprint density at radius 2 is 1.67 bits per heavy atom. The van der Waals surface area contributed by atoms with Crippen LogP contribution in [0.4, 0.5) is 0 Å². The van der Waals surface area contributed by atoms with Crippen LogP contribution in [0.15, 0.2) is 24.3 Å². The zero-order valence-electron chi connectivity index (χ0n) is 15.6. The number of ether oxygens (including phenoxy) is 2. The molecule has 1 aromatic carbocycles. The standard InChI is InChI=1S/C20H24N2O4S/c1-3-25-15-10-9-14(11-16(15)26-4-2)19(23)21-22-20(24)18-12-13-7-5-6-8-17(13)27-18/h9-12H,3-8H2,1-2H3,(H,21,23)(H,22,24). The first-order valence-corrected chi connectivity index (χ1v) is 10.1. The van der Waals surface area contributed by atoms with Gasteiger partial charge >= 0.3 is 0 Å². The first-order valence-electron chi connectivity index (χ1n) is 9.24. The van der Waals surface area contributed by atoms with Crippen LogP contribution in [0.5, 0.6) is 11.5 Å². The molecule has 1 heterocycles. The number of thiophene rings is 1. The van der Waals surface area contributed by atoms with E-state index in [1.807, 2.05) is 19.9 Å². The molecule has 27 heavy (non-hydrogen) atoms. The first-order chi connectivity index (χ1) is 13.1. The molecular formula is C20H24N2O4S. The van der Waals surface area contributed by atoms with Gasteiger partial charge in [0.2, 0.25) is 0 Å². The van der Waals surface area contributed by atoms with Gasteiger partial charge in [0.1, 0.15) is 0 Å². The highest BCUT2D eigenvalue weighted by molar-refractivity contribution is 7.14.